The molecule has 1 N–H and O–H groups in total. The summed E-state index contributed by atoms with van der Waals surface area (Å²) in [4.78, 5) is 4.03. The summed E-state index contributed by atoms with van der Waals surface area (Å²) in [6.45, 7) is 2.58. The van der Waals surface area contributed by atoms with Crippen molar-refractivity contribution in [3.8, 4) is 11.5 Å². The van der Waals surface area contributed by atoms with E-state index in [-0.39, 0.29) is 6.61 Å². The molecule has 0 unspecified atom stereocenters. The van der Waals surface area contributed by atoms with Crippen molar-refractivity contribution in [3.63, 3.8) is 0 Å². The third-order valence-corrected chi connectivity index (χ3v) is 4.97. The first kappa shape index (κ1) is 21.4. The van der Waals surface area contributed by atoms with Crippen LogP contribution in [0.15, 0.2) is 49.1 Å². The van der Waals surface area contributed by atoms with Crippen molar-refractivity contribution in [2.24, 2.45) is 0 Å². The quantitative estimate of drug-likeness (QED) is 0.448. The smallest absolute Gasteiger partial charge is 0.180 e. The highest BCUT2D eigenvalue weighted by Crippen LogP contribution is 2.37. The highest BCUT2D eigenvalue weighted by atomic mass is 35.5. The van der Waals surface area contributed by atoms with Gasteiger partial charge in [-0.2, -0.15) is 0 Å². The van der Waals surface area contributed by atoms with Crippen molar-refractivity contribution in [1.82, 2.24) is 14.9 Å². The number of ether oxygens (including phenoxy) is 2. The van der Waals surface area contributed by atoms with Crippen molar-refractivity contribution < 1.29 is 13.9 Å². The number of methoxy groups -OCH3 is 1. The van der Waals surface area contributed by atoms with E-state index in [1.165, 1.54) is 12.1 Å². The minimum absolute atomic E-state index is 0.154. The fourth-order valence-electron chi connectivity index (χ4n) is 2.84. The van der Waals surface area contributed by atoms with Crippen molar-refractivity contribution in [1.29, 1.82) is 0 Å². The van der Waals surface area contributed by atoms with Gasteiger partial charge in [-0.15, -0.1) is 0 Å². The van der Waals surface area contributed by atoms with Crippen LogP contribution in [0.1, 0.15) is 17.5 Å². The Kier molecular flexibility index (Phi) is 7.75. The molecule has 0 aliphatic heterocycles. The molecule has 5 nitrogen and oxygen atoms in total. The van der Waals surface area contributed by atoms with Crippen LogP contribution in [0.4, 0.5) is 4.39 Å². The molecule has 0 atom stereocenters. The Hall–Kier alpha value is -2.28. The van der Waals surface area contributed by atoms with Gasteiger partial charge in [0.2, 0.25) is 0 Å². The second kappa shape index (κ2) is 10.5. The zero-order chi connectivity index (χ0) is 20.6. The normalized spacial score (nSPS) is 10.9. The summed E-state index contributed by atoms with van der Waals surface area (Å²) in [5.74, 6) is 0.570. The molecule has 29 heavy (non-hydrogen) atoms. The number of aromatic nitrogens is 2. The molecule has 0 bridgehead atoms. The van der Waals surface area contributed by atoms with Gasteiger partial charge in [0.25, 0.3) is 0 Å². The van der Waals surface area contributed by atoms with Crippen molar-refractivity contribution >= 4 is 23.2 Å². The number of nitrogens with zero attached hydrogens (tertiary/aromatic N) is 2. The molecule has 3 aromatic rings. The number of hydrogen-bond donors (Lipinski definition) is 1. The molecule has 1 aromatic heterocycles. The first-order valence-corrected chi connectivity index (χ1v) is 9.92. The monoisotopic (exact) mass is 437 g/mol. The van der Waals surface area contributed by atoms with E-state index in [2.05, 4.69) is 10.3 Å². The van der Waals surface area contributed by atoms with Crippen molar-refractivity contribution in [2.75, 3.05) is 13.7 Å². The molecule has 0 aliphatic carbocycles. The van der Waals surface area contributed by atoms with Gasteiger partial charge in [-0.3, -0.25) is 0 Å². The second-order valence-electron chi connectivity index (χ2n) is 6.46. The molecule has 8 heteroatoms. The van der Waals surface area contributed by atoms with E-state index in [0.29, 0.717) is 33.7 Å². The van der Waals surface area contributed by atoms with Gasteiger partial charge in [-0.25, -0.2) is 9.37 Å². The third-order valence-electron chi connectivity index (χ3n) is 4.33. The van der Waals surface area contributed by atoms with E-state index in [0.717, 1.165) is 25.1 Å². The fraction of sp³-hybridized carbons (Fsp3) is 0.286. The SMILES string of the molecule is COc1cc(CNCCCn2ccnc2)cc(Cl)c1OCc1ccc(F)cc1Cl. The van der Waals surface area contributed by atoms with Gasteiger partial charge in [0.1, 0.15) is 12.4 Å². The topological polar surface area (TPSA) is 48.3 Å². The van der Waals surface area contributed by atoms with Crippen LogP contribution in [0, 0.1) is 5.82 Å². The highest BCUT2D eigenvalue weighted by molar-refractivity contribution is 6.32. The molecular weight excluding hydrogens is 416 g/mol. The zero-order valence-electron chi connectivity index (χ0n) is 16.0. The maximum Gasteiger partial charge on any atom is 0.180 e. The average Bonchev–Trinajstić information content (AvgIpc) is 3.21. The van der Waals surface area contributed by atoms with Gasteiger partial charge < -0.3 is 19.4 Å². The number of benzene rings is 2. The van der Waals surface area contributed by atoms with E-state index in [1.54, 1.807) is 19.4 Å². The highest BCUT2D eigenvalue weighted by Gasteiger charge is 2.13. The minimum Gasteiger partial charge on any atom is -0.493 e. The van der Waals surface area contributed by atoms with Crippen LogP contribution in [-0.2, 0) is 19.7 Å². The Morgan fingerprint density at radius 3 is 2.76 bits per heavy atom. The lowest BCUT2D eigenvalue weighted by Gasteiger charge is -2.15. The molecule has 0 saturated heterocycles. The lowest BCUT2D eigenvalue weighted by Crippen LogP contribution is -2.16. The van der Waals surface area contributed by atoms with Crippen LogP contribution in [0.25, 0.3) is 0 Å². The zero-order valence-corrected chi connectivity index (χ0v) is 17.5. The van der Waals surface area contributed by atoms with Crippen LogP contribution in [0.3, 0.4) is 0 Å². The third kappa shape index (κ3) is 6.10. The molecular formula is C21H22Cl2FN3O2. The maximum absolute atomic E-state index is 13.2. The number of nitrogens with one attached hydrogen (secondary N) is 1. The summed E-state index contributed by atoms with van der Waals surface area (Å²) in [5.41, 5.74) is 1.65. The molecule has 2 aromatic carbocycles. The van der Waals surface area contributed by atoms with E-state index in [1.807, 2.05) is 29.2 Å². The van der Waals surface area contributed by atoms with Crippen molar-refractivity contribution in [3.05, 3.63) is 76.0 Å². The Morgan fingerprint density at radius 1 is 1.17 bits per heavy atom. The molecule has 154 valence electrons. The molecule has 0 saturated carbocycles. The predicted octanol–water partition coefficient (Wildman–Crippen LogP) is 5.10. The molecule has 0 radical (unpaired) electrons. The van der Waals surface area contributed by atoms with E-state index in [9.17, 15) is 4.39 Å². The van der Waals surface area contributed by atoms with Crippen LogP contribution in [-0.4, -0.2) is 23.2 Å². The fourth-order valence-corrected chi connectivity index (χ4v) is 3.35. The lowest BCUT2D eigenvalue weighted by atomic mass is 10.2. The van der Waals surface area contributed by atoms with Gasteiger partial charge in [-0.1, -0.05) is 29.3 Å². The lowest BCUT2D eigenvalue weighted by molar-refractivity contribution is 0.284. The Balaban J connectivity index is 1.56. The number of imidazole rings is 1. The van der Waals surface area contributed by atoms with E-state index >= 15 is 0 Å². The number of rotatable bonds is 10. The Labute approximate surface area is 179 Å². The van der Waals surface area contributed by atoms with Crippen LogP contribution >= 0.6 is 23.2 Å². The largest absolute Gasteiger partial charge is 0.493 e. The summed E-state index contributed by atoms with van der Waals surface area (Å²) in [6.07, 6.45) is 6.52. The van der Waals surface area contributed by atoms with Crippen LogP contribution in [0.5, 0.6) is 11.5 Å². The van der Waals surface area contributed by atoms with Crippen LogP contribution in [0.2, 0.25) is 10.0 Å². The summed E-state index contributed by atoms with van der Waals surface area (Å²) in [6, 6.07) is 7.90. The average molecular weight is 438 g/mol. The molecule has 0 spiro atoms. The maximum atomic E-state index is 13.2. The number of halogens is 3. The molecule has 3 rings (SSSR count). The van der Waals surface area contributed by atoms with Gasteiger partial charge >= 0.3 is 0 Å². The first-order valence-electron chi connectivity index (χ1n) is 9.16. The summed E-state index contributed by atoms with van der Waals surface area (Å²) >= 11 is 12.5. The Bertz CT molecular complexity index is 936. The summed E-state index contributed by atoms with van der Waals surface area (Å²) in [5, 5.41) is 4.14. The first-order chi connectivity index (χ1) is 14.1. The number of hydrogen-bond acceptors (Lipinski definition) is 4. The molecule has 0 amide bonds. The molecule has 0 fully saturated rings. The summed E-state index contributed by atoms with van der Waals surface area (Å²) < 4.78 is 26.5. The second-order valence-corrected chi connectivity index (χ2v) is 7.28. The van der Waals surface area contributed by atoms with E-state index < -0.39 is 5.82 Å². The van der Waals surface area contributed by atoms with Crippen LogP contribution < -0.4 is 14.8 Å². The van der Waals surface area contributed by atoms with Gasteiger partial charge in [0.15, 0.2) is 11.5 Å². The molecule has 0 aliphatic rings. The van der Waals surface area contributed by atoms with Gasteiger partial charge in [0, 0.05) is 31.0 Å². The van der Waals surface area contributed by atoms with Gasteiger partial charge in [-0.05, 0) is 42.8 Å². The number of aryl methyl sites for hydroxylation is 1. The molecule has 1 heterocycles. The minimum atomic E-state index is -0.392. The van der Waals surface area contributed by atoms with Crippen molar-refractivity contribution in [2.45, 2.75) is 26.1 Å². The van der Waals surface area contributed by atoms with E-state index in [4.69, 9.17) is 32.7 Å². The Morgan fingerprint density at radius 2 is 2.03 bits per heavy atom. The predicted molar refractivity (Wildman–Crippen MR) is 112 cm³/mol. The standard InChI is InChI=1S/C21H22Cl2FN3O2/c1-28-20-10-15(12-25-5-2-7-27-8-6-26-14-27)9-19(23)21(20)29-13-16-3-4-17(24)11-18(16)22/h3-4,6,8-11,14,25H,2,5,7,12-13H2,1H3. The summed E-state index contributed by atoms with van der Waals surface area (Å²) in [7, 11) is 1.56. The van der Waals surface area contributed by atoms with Gasteiger partial charge in [0.05, 0.1) is 23.5 Å².